The quantitative estimate of drug-likeness (QED) is 0.362. The van der Waals surface area contributed by atoms with E-state index in [1.165, 1.54) is 10.7 Å². The van der Waals surface area contributed by atoms with E-state index in [-0.39, 0.29) is 5.97 Å². The van der Waals surface area contributed by atoms with Crippen LogP contribution < -0.4 is 4.74 Å². The van der Waals surface area contributed by atoms with Gasteiger partial charge in [-0.1, -0.05) is 18.2 Å². The third-order valence-corrected chi connectivity index (χ3v) is 4.98. The number of hydrogen-bond donors (Lipinski definition) is 0. The summed E-state index contributed by atoms with van der Waals surface area (Å²) in [6, 6.07) is 11.4. The van der Waals surface area contributed by atoms with E-state index in [4.69, 9.17) is 9.47 Å². The van der Waals surface area contributed by atoms with Crippen molar-refractivity contribution in [3.8, 4) is 5.75 Å². The molecule has 0 N–H and O–H groups in total. The molecule has 0 amide bonds. The lowest BCUT2D eigenvalue weighted by Crippen LogP contribution is -2.08. The van der Waals surface area contributed by atoms with Crippen LogP contribution >= 0.6 is 67.8 Å². The highest BCUT2D eigenvalue weighted by Gasteiger charge is 2.13. The third-order valence-electron chi connectivity index (χ3n) is 2.76. The van der Waals surface area contributed by atoms with Gasteiger partial charge in [0.1, 0.15) is 12.4 Å². The summed E-state index contributed by atoms with van der Waals surface area (Å²) < 4.78 is 14.0. The first kappa shape index (κ1) is 17.3. The van der Waals surface area contributed by atoms with Gasteiger partial charge in [-0.15, -0.1) is 0 Å². The Balaban J connectivity index is 2.23. The van der Waals surface area contributed by atoms with Crippen LogP contribution in [0.3, 0.4) is 0 Å². The molecule has 0 aliphatic rings. The topological polar surface area (TPSA) is 35.5 Å². The van der Waals surface area contributed by atoms with Crippen molar-refractivity contribution in [3.63, 3.8) is 0 Å². The van der Waals surface area contributed by atoms with Crippen LogP contribution in [0.5, 0.6) is 5.75 Å². The molecule has 0 heterocycles. The maximum Gasteiger partial charge on any atom is 0.338 e. The molecule has 3 nitrogen and oxygen atoms in total. The van der Waals surface area contributed by atoms with Crippen molar-refractivity contribution in [1.82, 2.24) is 0 Å². The monoisotopic (exact) mass is 620 g/mol. The Hall–Kier alpha value is -0.1000. The highest BCUT2D eigenvalue weighted by molar-refractivity contribution is 14.1. The summed E-state index contributed by atoms with van der Waals surface area (Å²) in [4.78, 5) is 11.7. The van der Waals surface area contributed by atoms with E-state index >= 15 is 0 Å². The number of carbonyl (C=O) groups excluding carboxylic acids is 1. The van der Waals surface area contributed by atoms with Crippen molar-refractivity contribution in [2.24, 2.45) is 0 Å². The Kier molecular flexibility index (Phi) is 6.53. The zero-order chi connectivity index (χ0) is 15.4. The molecule has 6 heteroatoms. The van der Waals surface area contributed by atoms with Gasteiger partial charge in [-0.3, -0.25) is 0 Å². The van der Waals surface area contributed by atoms with E-state index in [9.17, 15) is 4.79 Å². The second kappa shape index (κ2) is 7.95. The van der Waals surface area contributed by atoms with E-state index in [2.05, 4.69) is 79.9 Å². The smallest absolute Gasteiger partial charge is 0.338 e. The number of rotatable bonds is 4. The van der Waals surface area contributed by atoms with Gasteiger partial charge in [-0.2, -0.15) is 0 Å². The van der Waals surface area contributed by atoms with Gasteiger partial charge in [0.05, 0.1) is 19.8 Å². The first-order chi connectivity index (χ1) is 10.0. The van der Waals surface area contributed by atoms with Gasteiger partial charge in [0.25, 0.3) is 0 Å². The normalized spacial score (nSPS) is 10.3. The van der Waals surface area contributed by atoms with E-state index < -0.39 is 0 Å². The Labute approximate surface area is 164 Å². The maximum absolute atomic E-state index is 11.7. The fourth-order valence-electron chi connectivity index (χ4n) is 1.77. The lowest BCUT2D eigenvalue weighted by Gasteiger charge is -2.13. The SMILES string of the molecule is COC(=O)c1ccccc1COc1c(I)cc(I)cc1I. The van der Waals surface area contributed by atoms with Crippen LogP contribution in [-0.2, 0) is 11.3 Å². The highest BCUT2D eigenvalue weighted by atomic mass is 127. The van der Waals surface area contributed by atoms with Crippen molar-refractivity contribution in [1.29, 1.82) is 0 Å². The summed E-state index contributed by atoms with van der Waals surface area (Å²) in [6.07, 6.45) is 0. The number of methoxy groups -OCH3 is 1. The molecule has 0 bridgehead atoms. The molecular weight excluding hydrogens is 609 g/mol. The zero-order valence-corrected chi connectivity index (χ0v) is 17.5. The van der Waals surface area contributed by atoms with Crippen LogP contribution in [0.4, 0.5) is 0 Å². The number of benzene rings is 2. The second-order valence-electron chi connectivity index (χ2n) is 4.14. The van der Waals surface area contributed by atoms with Crippen LogP contribution in [0.1, 0.15) is 15.9 Å². The Morgan fingerprint density at radius 2 is 1.71 bits per heavy atom. The molecule has 110 valence electrons. The molecule has 0 spiro atoms. The predicted octanol–water partition coefficient (Wildman–Crippen LogP) is 4.87. The van der Waals surface area contributed by atoms with Crippen LogP contribution in [0.25, 0.3) is 0 Å². The van der Waals surface area contributed by atoms with Gasteiger partial charge in [0.2, 0.25) is 0 Å². The summed E-state index contributed by atoms with van der Waals surface area (Å²) in [7, 11) is 1.38. The van der Waals surface area contributed by atoms with Gasteiger partial charge in [-0.05, 0) is 86.0 Å². The number of esters is 1. The van der Waals surface area contributed by atoms with Crippen LogP contribution in [-0.4, -0.2) is 13.1 Å². The molecule has 0 aliphatic carbocycles. The maximum atomic E-state index is 11.7. The first-order valence-electron chi connectivity index (χ1n) is 5.96. The fraction of sp³-hybridized carbons (Fsp3) is 0.133. The van der Waals surface area contributed by atoms with Gasteiger partial charge in [-0.25, -0.2) is 4.79 Å². The van der Waals surface area contributed by atoms with Crippen molar-refractivity contribution in [2.45, 2.75) is 6.61 Å². The van der Waals surface area contributed by atoms with Crippen molar-refractivity contribution in [3.05, 3.63) is 58.2 Å². The number of hydrogen-bond acceptors (Lipinski definition) is 3. The number of halogens is 3. The highest BCUT2D eigenvalue weighted by Crippen LogP contribution is 2.30. The van der Waals surface area contributed by atoms with Gasteiger partial charge in [0.15, 0.2) is 0 Å². The van der Waals surface area contributed by atoms with Crippen LogP contribution in [0.2, 0.25) is 0 Å². The summed E-state index contributed by atoms with van der Waals surface area (Å²) in [5, 5.41) is 0. The molecule has 0 saturated heterocycles. The summed E-state index contributed by atoms with van der Waals surface area (Å²) >= 11 is 6.80. The van der Waals surface area contributed by atoms with Gasteiger partial charge < -0.3 is 9.47 Å². The molecule has 2 rings (SSSR count). The molecule has 0 unspecified atom stereocenters. The number of ether oxygens (including phenoxy) is 2. The van der Waals surface area contributed by atoms with Crippen LogP contribution in [0.15, 0.2) is 36.4 Å². The molecule has 0 aromatic heterocycles. The minimum atomic E-state index is -0.346. The largest absolute Gasteiger partial charge is 0.487 e. The second-order valence-corrected chi connectivity index (χ2v) is 7.71. The molecule has 0 aliphatic heterocycles. The molecule has 0 atom stereocenters. The molecule has 21 heavy (non-hydrogen) atoms. The fourth-order valence-corrected chi connectivity index (χ4v) is 5.67. The molecule has 0 fully saturated rings. The molecule has 0 radical (unpaired) electrons. The molecule has 2 aromatic rings. The van der Waals surface area contributed by atoms with E-state index in [0.717, 1.165) is 18.5 Å². The summed E-state index contributed by atoms with van der Waals surface area (Å²) in [5.74, 6) is 0.498. The predicted molar refractivity (Wildman–Crippen MR) is 107 cm³/mol. The first-order valence-corrected chi connectivity index (χ1v) is 9.20. The molecular formula is C15H11I3O3. The van der Waals surface area contributed by atoms with Crippen molar-refractivity contribution in [2.75, 3.05) is 7.11 Å². The average Bonchev–Trinajstić information content (AvgIpc) is 2.45. The van der Waals surface area contributed by atoms with Crippen molar-refractivity contribution >= 4 is 73.7 Å². The minimum Gasteiger partial charge on any atom is -0.487 e. The minimum absolute atomic E-state index is 0.331. The molecule has 2 aromatic carbocycles. The third kappa shape index (κ3) is 4.44. The van der Waals surface area contributed by atoms with Gasteiger partial charge >= 0.3 is 5.97 Å². The van der Waals surface area contributed by atoms with Crippen LogP contribution in [0, 0.1) is 10.7 Å². The van der Waals surface area contributed by atoms with Gasteiger partial charge in [0, 0.05) is 9.13 Å². The lowest BCUT2D eigenvalue weighted by atomic mass is 10.1. The lowest BCUT2D eigenvalue weighted by molar-refractivity contribution is 0.0597. The number of carbonyl (C=O) groups is 1. The average molecular weight is 620 g/mol. The van der Waals surface area contributed by atoms with E-state index in [0.29, 0.717) is 12.2 Å². The Morgan fingerprint density at radius 1 is 1.10 bits per heavy atom. The molecule has 0 saturated carbocycles. The Bertz CT molecular complexity index is 648. The van der Waals surface area contributed by atoms with E-state index in [1.807, 2.05) is 18.2 Å². The standard InChI is InChI=1S/C15H11I3O3/c1-20-15(19)11-5-3-2-4-9(11)8-21-14-12(17)6-10(16)7-13(14)18/h2-7H,8H2,1H3. The van der Waals surface area contributed by atoms with E-state index in [1.54, 1.807) is 6.07 Å². The summed E-state index contributed by atoms with van der Waals surface area (Å²) in [6.45, 7) is 0.331. The summed E-state index contributed by atoms with van der Waals surface area (Å²) in [5.41, 5.74) is 1.35. The Morgan fingerprint density at radius 3 is 2.33 bits per heavy atom. The van der Waals surface area contributed by atoms with Crippen molar-refractivity contribution < 1.29 is 14.3 Å². The zero-order valence-electron chi connectivity index (χ0n) is 11.0.